The van der Waals surface area contributed by atoms with Crippen molar-refractivity contribution in [3.8, 4) is 5.69 Å². The molecular weight excluding hydrogens is 332 g/mol. The zero-order valence-electron chi connectivity index (χ0n) is 12.1. The maximum atomic E-state index is 11.5. The molecule has 1 aromatic carbocycles. The van der Waals surface area contributed by atoms with Crippen molar-refractivity contribution >= 4 is 21.9 Å². The maximum absolute atomic E-state index is 11.5. The summed E-state index contributed by atoms with van der Waals surface area (Å²) in [5, 5.41) is 13.8. The van der Waals surface area contributed by atoms with Crippen molar-refractivity contribution < 1.29 is 9.90 Å². The maximum Gasteiger partial charge on any atom is 0.356 e. The van der Waals surface area contributed by atoms with Crippen LogP contribution in [0.15, 0.2) is 22.7 Å². The van der Waals surface area contributed by atoms with Gasteiger partial charge in [0.15, 0.2) is 5.69 Å². The average Bonchev–Trinajstić information content (AvgIpc) is 2.77. The van der Waals surface area contributed by atoms with Gasteiger partial charge in [-0.15, -0.1) is 0 Å². The molecule has 1 unspecified atom stereocenters. The molecule has 0 saturated heterocycles. The Morgan fingerprint density at radius 1 is 1.48 bits per heavy atom. The Labute approximate surface area is 131 Å². The van der Waals surface area contributed by atoms with Crippen LogP contribution in [0, 0.1) is 12.8 Å². The Bertz CT molecular complexity index is 721. The molecule has 2 aromatic rings. The van der Waals surface area contributed by atoms with E-state index in [0.717, 1.165) is 46.2 Å². The lowest BCUT2D eigenvalue weighted by Crippen LogP contribution is -2.15. The van der Waals surface area contributed by atoms with E-state index in [1.54, 1.807) is 0 Å². The number of aromatic carboxylic acids is 1. The normalized spacial score (nSPS) is 17.6. The van der Waals surface area contributed by atoms with Gasteiger partial charge < -0.3 is 5.11 Å². The van der Waals surface area contributed by atoms with Crippen LogP contribution in [0.25, 0.3) is 5.69 Å². The Kier molecular flexibility index (Phi) is 3.61. The van der Waals surface area contributed by atoms with E-state index in [4.69, 9.17) is 0 Å². The predicted molar refractivity (Wildman–Crippen MR) is 84.1 cm³/mol. The molecule has 110 valence electrons. The number of benzene rings is 1. The number of carboxylic acid groups (broad SMARTS) is 1. The van der Waals surface area contributed by atoms with Crippen molar-refractivity contribution in [2.75, 3.05) is 0 Å². The van der Waals surface area contributed by atoms with Crippen LogP contribution in [0.4, 0.5) is 0 Å². The van der Waals surface area contributed by atoms with Crippen LogP contribution in [0.2, 0.25) is 0 Å². The SMILES string of the molecule is Cc1cc(Br)ccc1-n1nc(C(=O)O)c2c1CCC(C)C2. The Balaban J connectivity index is 2.19. The van der Waals surface area contributed by atoms with Crippen molar-refractivity contribution in [2.45, 2.75) is 33.1 Å². The molecule has 1 aromatic heterocycles. The summed E-state index contributed by atoms with van der Waals surface area (Å²) in [7, 11) is 0. The molecule has 0 amide bonds. The van der Waals surface area contributed by atoms with Gasteiger partial charge in [0.05, 0.1) is 5.69 Å². The average molecular weight is 349 g/mol. The molecule has 1 N–H and O–H groups in total. The second kappa shape index (κ2) is 5.30. The first kappa shape index (κ1) is 14.3. The summed E-state index contributed by atoms with van der Waals surface area (Å²) in [5.74, 6) is -0.423. The highest BCUT2D eigenvalue weighted by molar-refractivity contribution is 9.10. The minimum atomic E-state index is -0.936. The van der Waals surface area contributed by atoms with Gasteiger partial charge in [-0.3, -0.25) is 0 Å². The predicted octanol–water partition coefficient (Wildman–Crippen LogP) is 3.77. The van der Waals surface area contributed by atoms with E-state index >= 15 is 0 Å². The third kappa shape index (κ3) is 2.50. The summed E-state index contributed by atoms with van der Waals surface area (Å²) >= 11 is 3.46. The number of halogens is 1. The van der Waals surface area contributed by atoms with Crippen LogP contribution in [0.3, 0.4) is 0 Å². The van der Waals surface area contributed by atoms with Crippen molar-refractivity contribution in [2.24, 2.45) is 5.92 Å². The van der Waals surface area contributed by atoms with Gasteiger partial charge in [-0.1, -0.05) is 22.9 Å². The molecule has 0 aliphatic heterocycles. The number of carbonyl (C=O) groups is 1. The summed E-state index contributed by atoms with van der Waals surface area (Å²) in [5.41, 5.74) is 4.19. The molecule has 5 heteroatoms. The number of hydrogen-bond acceptors (Lipinski definition) is 2. The number of fused-ring (bicyclic) bond motifs is 1. The van der Waals surface area contributed by atoms with Crippen LogP contribution in [0.1, 0.15) is 40.7 Å². The van der Waals surface area contributed by atoms with Crippen molar-refractivity contribution in [1.29, 1.82) is 0 Å². The van der Waals surface area contributed by atoms with Gasteiger partial charge in [-0.2, -0.15) is 5.10 Å². The molecule has 0 saturated carbocycles. The summed E-state index contributed by atoms with van der Waals surface area (Å²) < 4.78 is 2.84. The lowest BCUT2D eigenvalue weighted by atomic mass is 9.87. The molecule has 0 bridgehead atoms. The smallest absolute Gasteiger partial charge is 0.356 e. The topological polar surface area (TPSA) is 55.1 Å². The van der Waals surface area contributed by atoms with Gasteiger partial charge in [-0.25, -0.2) is 9.48 Å². The van der Waals surface area contributed by atoms with Crippen molar-refractivity contribution in [3.05, 3.63) is 45.2 Å². The number of rotatable bonds is 2. The molecule has 1 heterocycles. The highest BCUT2D eigenvalue weighted by Gasteiger charge is 2.28. The van der Waals surface area contributed by atoms with Crippen LogP contribution < -0.4 is 0 Å². The Hall–Kier alpha value is -1.62. The molecule has 3 rings (SSSR count). The first-order valence-corrected chi connectivity index (χ1v) is 7.87. The highest BCUT2D eigenvalue weighted by atomic mass is 79.9. The van der Waals surface area contributed by atoms with Gasteiger partial charge in [0.2, 0.25) is 0 Å². The third-order valence-corrected chi connectivity index (χ3v) is 4.60. The van der Waals surface area contributed by atoms with Gasteiger partial charge in [0.25, 0.3) is 0 Å². The van der Waals surface area contributed by atoms with E-state index < -0.39 is 5.97 Å². The molecular formula is C16H17BrN2O2. The number of aromatic nitrogens is 2. The molecule has 1 aliphatic rings. The molecule has 21 heavy (non-hydrogen) atoms. The fourth-order valence-electron chi connectivity index (χ4n) is 3.02. The second-order valence-corrected chi connectivity index (χ2v) is 6.69. The molecule has 1 aliphatic carbocycles. The van der Waals surface area contributed by atoms with Crippen LogP contribution in [0.5, 0.6) is 0 Å². The minimum absolute atomic E-state index is 0.207. The van der Waals surface area contributed by atoms with E-state index in [-0.39, 0.29) is 5.69 Å². The van der Waals surface area contributed by atoms with E-state index in [2.05, 4.69) is 28.0 Å². The van der Waals surface area contributed by atoms with Gasteiger partial charge in [0.1, 0.15) is 0 Å². The molecule has 0 fully saturated rings. The summed E-state index contributed by atoms with van der Waals surface area (Å²) in [6.45, 7) is 4.18. The summed E-state index contributed by atoms with van der Waals surface area (Å²) in [4.78, 5) is 11.5. The third-order valence-electron chi connectivity index (χ3n) is 4.11. The summed E-state index contributed by atoms with van der Waals surface area (Å²) in [6, 6.07) is 5.97. The first-order chi connectivity index (χ1) is 9.97. The van der Waals surface area contributed by atoms with Crippen LogP contribution in [-0.2, 0) is 12.8 Å². The monoisotopic (exact) mass is 348 g/mol. The van der Waals surface area contributed by atoms with Gasteiger partial charge >= 0.3 is 5.97 Å². The fraction of sp³-hybridized carbons (Fsp3) is 0.375. The van der Waals surface area contributed by atoms with E-state index in [9.17, 15) is 9.90 Å². The van der Waals surface area contributed by atoms with Gasteiger partial charge in [0, 0.05) is 15.7 Å². The van der Waals surface area contributed by atoms with Crippen molar-refractivity contribution in [1.82, 2.24) is 9.78 Å². The quantitative estimate of drug-likeness (QED) is 0.898. The van der Waals surface area contributed by atoms with Crippen LogP contribution >= 0.6 is 15.9 Å². The molecule has 1 atom stereocenters. The second-order valence-electron chi connectivity index (χ2n) is 5.77. The lowest BCUT2D eigenvalue weighted by molar-refractivity contribution is 0.0688. The summed E-state index contributed by atoms with van der Waals surface area (Å²) in [6.07, 6.45) is 2.76. The Morgan fingerprint density at radius 2 is 2.24 bits per heavy atom. The molecule has 0 radical (unpaired) electrons. The fourth-order valence-corrected chi connectivity index (χ4v) is 3.49. The number of hydrogen-bond donors (Lipinski definition) is 1. The zero-order valence-corrected chi connectivity index (χ0v) is 13.6. The molecule has 4 nitrogen and oxygen atoms in total. The molecule has 0 spiro atoms. The minimum Gasteiger partial charge on any atom is -0.476 e. The lowest BCUT2D eigenvalue weighted by Gasteiger charge is -2.20. The number of carboxylic acids is 1. The van der Waals surface area contributed by atoms with E-state index in [1.165, 1.54) is 0 Å². The van der Waals surface area contributed by atoms with E-state index in [0.29, 0.717) is 5.92 Å². The first-order valence-electron chi connectivity index (χ1n) is 7.08. The Morgan fingerprint density at radius 3 is 2.90 bits per heavy atom. The standard InChI is InChI=1S/C16H17BrN2O2/c1-9-3-5-14-12(7-9)15(16(20)21)18-19(14)13-6-4-11(17)8-10(13)2/h4,6,8-9H,3,5,7H2,1-2H3,(H,20,21). The number of nitrogens with zero attached hydrogens (tertiary/aromatic N) is 2. The number of aryl methyl sites for hydroxylation is 1. The van der Waals surface area contributed by atoms with E-state index in [1.807, 2.05) is 29.8 Å². The zero-order chi connectivity index (χ0) is 15.1. The van der Waals surface area contributed by atoms with Crippen LogP contribution in [-0.4, -0.2) is 20.9 Å². The van der Waals surface area contributed by atoms with Gasteiger partial charge in [-0.05, 0) is 55.9 Å². The van der Waals surface area contributed by atoms with Crippen molar-refractivity contribution in [3.63, 3.8) is 0 Å². The highest BCUT2D eigenvalue weighted by Crippen LogP contribution is 2.31. The largest absolute Gasteiger partial charge is 0.476 e.